The van der Waals surface area contributed by atoms with Crippen molar-refractivity contribution in [3.05, 3.63) is 52.7 Å². The molecular weight excluding hydrogens is 394 g/mol. The second-order valence-corrected chi connectivity index (χ2v) is 7.99. The van der Waals surface area contributed by atoms with Crippen LogP contribution >= 0.6 is 11.6 Å². The number of aromatic carboxylic acids is 1. The number of rotatable bonds is 7. The van der Waals surface area contributed by atoms with Crippen LogP contribution in [0.25, 0.3) is 0 Å². The van der Waals surface area contributed by atoms with Crippen LogP contribution in [0.2, 0.25) is 5.02 Å². The molecule has 29 heavy (non-hydrogen) atoms. The van der Waals surface area contributed by atoms with Gasteiger partial charge >= 0.3 is 5.97 Å². The molecule has 2 rings (SSSR count). The third-order valence-electron chi connectivity index (χ3n) is 4.29. The number of aromatic nitrogens is 1. The van der Waals surface area contributed by atoms with E-state index >= 15 is 0 Å². The van der Waals surface area contributed by atoms with E-state index in [0.29, 0.717) is 17.1 Å². The van der Waals surface area contributed by atoms with Crippen molar-refractivity contribution >= 4 is 40.8 Å². The minimum absolute atomic E-state index is 0.0316. The molecule has 0 atom stereocenters. The molecule has 154 valence electrons. The highest BCUT2D eigenvalue weighted by molar-refractivity contribution is 6.31. The molecule has 1 amide bonds. The summed E-state index contributed by atoms with van der Waals surface area (Å²) in [5.41, 5.74) is -0.0852. The molecule has 0 aliphatic rings. The van der Waals surface area contributed by atoms with Gasteiger partial charge in [0.2, 0.25) is 0 Å². The molecule has 8 heteroatoms. The second-order valence-electron chi connectivity index (χ2n) is 7.55. The maximum Gasteiger partial charge on any atom is 0.339 e. The minimum atomic E-state index is -1.20. The fourth-order valence-electron chi connectivity index (χ4n) is 2.52. The zero-order valence-electron chi connectivity index (χ0n) is 16.8. The first-order valence-corrected chi connectivity index (χ1v) is 9.49. The summed E-state index contributed by atoms with van der Waals surface area (Å²) in [7, 11) is 0. The number of carbonyl (C=O) groups is 3. The van der Waals surface area contributed by atoms with E-state index in [1.54, 1.807) is 23.1 Å². The Kier molecular flexibility index (Phi) is 6.97. The third-order valence-corrected chi connectivity index (χ3v) is 4.53. The lowest BCUT2D eigenvalue weighted by atomic mass is 9.90. The van der Waals surface area contributed by atoms with E-state index in [2.05, 4.69) is 10.3 Å². The predicted octanol–water partition coefficient (Wildman–Crippen LogP) is 4.13. The van der Waals surface area contributed by atoms with Crippen molar-refractivity contribution < 1.29 is 19.5 Å². The van der Waals surface area contributed by atoms with E-state index in [1.165, 1.54) is 18.3 Å². The van der Waals surface area contributed by atoms with E-state index in [0.717, 1.165) is 0 Å². The number of nitrogens with zero attached hydrogens (tertiary/aromatic N) is 2. The van der Waals surface area contributed by atoms with Crippen molar-refractivity contribution in [1.82, 2.24) is 4.98 Å². The van der Waals surface area contributed by atoms with Crippen molar-refractivity contribution in [2.24, 2.45) is 5.41 Å². The Morgan fingerprint density at radius 1 is 1.21 bits per heavy atom. The summed E-state index contributed by atoms with van der Waals surface area (Å²) in [5.74, 6) is -1.49. The lowest BCUT2D eigenvalue weighted by Crippen LogP contribution is -2.37. The smallest absolute Gasteiger partial charge is 0.339 e. The van der Waals surface area contributed by atoms with E-state index in [-0.39, 0.29) is 29.4 Å². The van der Waals surface area contributed by atoms with Gasteiger partial charge in [-0.05, 0) is 31.2 Å². The van der Waals surface area contributed by atoms with Gasteiger partial charge in [0.25, 0.3) is 5.91 Å². The number of nitrogens with one attached hydrogen (secondary N) is 1. The summed E-state index contributed by atoms with van der Waals surface area (Å²) in [6, 6.07) is 7.73. The number of ketones is 1. The van der Waals surface area contributed by atoms with Gasteiger partial charge in [0.05, 0.1) is 18.4 Å². The molecule has 0 aliphatic heterocycles. The number of hydrogen-bond acceptors (Lipinski definition) is 5. The standard InChI is InChI=1S/C21H24ClN3O4/c1-5-25(12-17(26)21(2,3)4)18-16(20(28)29)10-15(11-23-18)24-19(27)13-7-6-8-14(22)9-13/h6-11H,5,12H2,1-4H3,(H,24,27)(H,28,29). The van der Waals surface area contributed by atoms with Crippen LogP contribution < -0.4 is 10.2 Å². The molecule has 2 aromatic rings. The molecule has 0 fully saturated rings. The second kappa shape index (κ2) is 9.05. The summed E-state index contributed by atoms with van der Waals surface area (Å²) in [4.78, 5) is 42.4. The Hall–Kier alpha value is -2.93. The van der Waals surface area contributed by atoms with Crippen molar-refractivity contribution in [1.29, 1.82) is 0 Å². The van der Waals surface area contributed by atoms with Crippen LogP contribution in [0.1, 0.15) is 48.4 Å². The van der Waals surface area contributed by atoms with Gasteiger partial charge in [0.15, 0.2) is 5.78 Å². The van der Waals surface area contributed by atoms with Crippen LogP contribution in [0.5, 0.6) is 0 Å². The zero-order chi connectivity index (χ0) is 21.8. The van der Waals surface area contributed by atoms with Gasteiger partial charge in [-0.3, -0.25) is 9.59 Å². The summed E-state index contributed by atoms with van der Waals surface area (Å²) in [5, 5.41) is 12.7. The first-order chi connectivity index (χ1) is 13.5. The number of carboxylic acids is 1. The molecule has 0 saturated carbocycles. The van der Waals surface area contributed by atoms with E-state index in [9.17, 15) is 19.5 Å². The van der Waals surface area contributed by atoms with Gasteiger partial charge in [-0.2, -0.15) is 0 Å². The summed E-state index contributed by atoms with van der Waals surface area (Å²) in [6.07, 6.45) is 1.37. The van der Waals surface area contributed by atoms with Crippen LogP contribution in [0, 0.1) is 5.41 Å². The van der Waals surface area contributed by atoms with Gasteiger partial charge in [-0.15, -0.1) is 0 Å². The number of amides is 1. The van der Waals surface area contributed by atoms with E-state index < -0.39 is 17.3 Å². The van der Waals surface area contributed by atoms with Crippen LogP contribution in [0.15, 0.2) is 36.5 Å². The number of hydrogen-bond donors (Lipinski definition) is 2. The molecule has 7 nitrogen and oxygen atoms in total. The van der Waals surface area contributed by atoms with Crippen LogP contribution in [-0.2, 0) is 4.79 Å². The van der Waals surface area contributed by atoms with Crippen molar-refractivity contribution in [2.45, 2.75) is 27.7 Å². The fraction of sp³-hybridized carbons (Fsp3) is 0.333. The van der Waals surface area contributed by atoms with Gasteiger partial charge in [0.1, 0.15) is 11.4 Å². The normalized spacial score (nSPS) is 11.1. The fourth-order valence-corrected chi connectivity index (χ4v) is 2.71. The molecule has 0 radical (unpaired) electrons. The minimum Gasteiger partial charge on any atom is -0.478 e. The summed E-state index contributed by atoms with van der Waals surface area (Å²) in [6.45, 7) is 7.69. The van der Waals surface area contributed by atoms with Crippen LogP contribution in [0.4, 0.5) is 11.5 Å². The zero-order valence-corrected chi connectivity index (χ0v) is 17.6. The average molecular weight is 418 g/mol. The number of halogens is 1. The molecule has 0 unspecified atom stereocenters. The topological polar surface area (TPSA) is 99.6 Å². The number of carboxylic acid groups (broad SMARTS) is 1. The van der Waals surface area contributed by atoms with Crippen molar-refractivity contribution in [3.8, 4) is 0 Å². The van der Waals surface area contributed by atoms with Crippen LogP contribution in [-0.4, -0.2) is 40.8 Å². The maximum absolute atomic E-state index is 12.4. The highest BCUT2D eigenvalue weighted by Gasteiger charge is 2.26. The van der Waals surface area contributed by atoms with Crippen molar-refractivity contribution in [3.63, 3.8) is 0 Å². The lowest BCUT2D eigenvalue weighted by Gasteiger charge is -2.26. The summed E-state index contributed by atoms with van der Waals surface area (Å²) < 4.78 is 0. The highest BCUT2D eigenvalue weighted by Crippen LogP contribution is 2.24. The Morgan fingerprint density at radius 3 is 2.45 bits per heavy atom. The monoisotopic (exact) mass is 417 g/mol. The third kappa shape index (κ3) is 5.77. The largest absolute Gasteiger partial charge is 0.478 e. The number of likely N-dealkylation sites (N-methyl/N-ethyl adjacent to an activating group) is 1. The molecule has 1 aromatic carbocycles. The Balaban J connectivity index is 2.31. The molecule has 0 bridgehead atoms. The SMILES string of the molecule is CCN(CC(=O)C(C)(C)C)c1ncc(NC(=O)c2cccc(Cl)c2)cc1C(=O)O. The Bertz CT molecular complexity index is 938. The predicted molar refractivity (Wildman–Crippen MR) is 113 cm³/mol. The number of Topliss-reactive ketones (excluding diaryl/α,β-unsaturated/α-hetero) is 1. The maximum atomic E-state index is 12.4. The summed E-state index contributed by atoms with van der Waals surface area (Å²) >= 11 is 5.90. The number of carbonyl (C=O) groups excluding carboxylic acids is 2. The molecule has 1 aromatic heterocycles. The highest BCUT2D eigenvalue weighted by atomic mass is 35.5. The van der Waals surface area contributed by atoms with Crippen LogP contribution in [0.3, 0.4) is 0 Å². The molecule has 2 N–H and O–H groups in total. The first-order valence-electron chi connectivity index (χ1n) is 9.11. The first kappa shape index (κ1) is 22.4. The Labute approximate surface area is 174 Å². The number of pyridine rings is 1. The number of benzene rings is 1. The van der Waals surface area contributed by atoms with Gasteiger partial charge in [-0.1, -0.05) is 38.4 Å². The average Bonchev–Trinajstić information content (AvgIpc) is 2.65. The quantitative estimate of drug-likeness (QED) is 0.702. The van der Waals surface area contributed by atoms with E-state index in [1.807, 2.05) is 27.7 Å². The van der Waals surface area contributed by atoms with Crippen molar-refractivity contribution in [2.75, 3.05) is 23.3 Å². The lowest BCUT2D eigenvalue weighted by molar-refractivity contribution is -0.124. The molecule has 1 heterocycles. The van der Waals surface area contributed by atoms with Gasteiger partial charge in [-0.25, -0.2) is 9.78 Å². The molecule has 0 spiro atoms. The van der Waals surface area contributed by atoms with E-state index in [4.69, 9.17) is 11.6 Å². The number of anilines is 2. The molecule has 0 aliphatic carbocycles. The molecule has 0 saturated heterocycles. The Morgan fingerprint density at radius 2 is 1.90 bits per heavy atom. The van der Waals surface area contributed by atoms with Gasteiger partial charge in [0, 0.05) is 22.5 Å². The van der Waals surface area contributed by atoms with Gasteiger partial charge < -0.3 is 15.3 Å². The molecular formula is C21H24ClN3O4.